The standard InChI is InChI=1S/C12H14FN3O/c1-15-12(17)4-5-16-8-9-2-3-11(13)10(6-9)7-14/h2-3,6,16H,4-5,8H2,1H3,(H,15,17). The molecule has 1 aromatic carbocycles. The van der Waals surface area contributed by atoms with Crippen LogP contribution >= 0.6 is 0 Å². The number of hydrogen-bond acceptors (Lipinski definition) is 3. The van der Waals surface area contributed by atoms with Gasteiger partial charge >= 0.3 is 0 Å². The van der Waals surface area contributed by atoms with Crippen LogP contribution in [0.25, 0.3) is 0 Å². The molecular formula is C12H14FN3O. The number of carbonyl (C=O) groups excluding carboxylic acids is 1. The Morgan fingerprint density at radius 1 is 1.53 bits per heavy atom. The first-order valence-electron chi connectivity index (χ1n) is 5.27. The maximum absolute atomic E-state index is 13.0. The van der Waals surface area contributed by atoms with E-state index in [1.54, 1.807) is 19.2 Å². The highest BCUT2D eigenvalue weighted by molar-refractivity contribution is 5.75. The smallest absolute Gasteiger partial charge is 0.221 e. The highest BCUT2D eigenvalue weighted by atomic mass is 19.1. The Labute approximate surface area is 99.4 Å². The molecular weight excluding hydrogens is 221 g/mol. The molecule has 1 amide bonds. The predicted molar refractivity (Wildman–Crippen MR) is 61.5 cm³/mol. The fourth-order valence-electron chi connectivity index (χ4n) is 1.33. The molecule has 5 heteroatoms. The molecule has 0 aliphatic rings. The number of amides is 1. The van der Waals surface area contributed by atoms with Crippen molar-refractivity contribution in [1.82, 2.24) is 10.6 Å². The quantitative estimate of drug-likeness (QED) is 0.746. The van der Waals surface area contributed by atoms with Crippen molar-refractivity contribution in [2.24, 2.45) is 0 Å². The lowest BCUT2D eigenvalue weighted by atomic mass is 10.1. The molecule has 2 N–H and O–H groups in total. The lowest BCUT2D eigenvalue weighted by molar-refractivity contribution is -0.120. The van der Waals surface area contributed by atoms with Gasteiger partial charge < -0.3 is 10.6 Å². The van der Waals surface area contributed by atoms with E-state index in [1.807, 2.05) is 0 Å². The lowest BCUT2D eigenvalue weighted by Gasteiger charge is -2.05. The van der Waals surface area contributed by atoms with Gasteiger partial charge in [-0.05, 0) is 17.7 Å². The van der Waals surface area contributed by atoms with Crippen molar-refractivity contribution in [2.45, 2.75) is 13.0 Å². The second kappa shape index (κ2) is 6.61. The molecule has 0 atom stereocenters. The molecule has 4 nitrogen and oxygen atoms in total. The molecule has 0 aromatic heterocycles. The Kier molecular flexibility index (Phi) is 5.11. The summed E-state index contributed by atoms with van der Waals surface area (Å²) in [5, 5.41) is 14.2. The van der Waals surface area contributed by atoms with Gasteiger partial charge in [0.25, 0.3) is 0 Å². The molecule has 0 aliphatic carbocycles. The van der Waals surface area contributed by atoms with Gasteiger partial charge in [-0.25, -0.2) is 4.39 Å². The number of hydrogen-bond donors (Lipinski definition) is 2. The van der Waals surface area contributed by atoms with E-state index >= 15 is 0 Å². The van der Waals surface area contributed by atoms with Crippen LogP contribution in [0.2, 0.25) is 0 Å². The average molecular weight is 235 g/mol. The van der Waals surface area contributed by atoms with E-state index in [0.29, 0.717) is 19.5 Å². The number of rotatable bonds is 5. The Morgan fingerprint density at radius 3 is 2.94 bits per heavy atom. The van der Waals surface area contributed by atoms with E-state index in [9.17, 15) is 9.18 Å². The molecule has 0 saturated carbocycles. The van der Waals surface area contributed by atoms with Crippen LogP contribution in [-0.4, -0.2) is 19.5 Å². The van der Waals surface area contributed by atoms with Crippen LogP contribution in [0.4, 0.5) is 4.39 Å². The van der Waals surface area contributed by atoms with Crippen LogP contribution in [0.5, 0.6) is 0 Å². The average Bonchev–Trinajstić information content (AvgIpc) is 2.36. The number of benzene rings is 1. The molecule has 0 spiro atoms. The highest BCUT2D eigenvalue weighted by Crippen LogP contribution is 2.09. The van der Waals surface area contributed by atoms with E-state index < -0.39 is 5.82 Å². The van der Waals surface area contributed by atoms with Gasteiger partial charge in [0.1, 0.15) is 11.9 Å². The summed E-state index contributed by atoms with van der Waals surface area (Å²) in [6.07, 6.45) is 0.392. The highest BCUT2D eigenvalue weighted by Gasteiger charge is 2.02. The van der Waals surface area contributed by atoms with Crippen molar-refractivity contribution in [3.05, 3.63) is 35.1 Å². The number of nitriles is 1. The monoisotopic (exact) mass is 235 g/mol. The van der Waals surface area contributed by atoms with Crippen LogP contribution in [0.15, 0.2) is 18.2 Å². The summed E-state index contributed by atoms with van der Waals surface area (Å²) < 4.78 is 13.0. The van der Waals surface area contributed by atoms with Gasteiger partial charge in [-0.15, -0.1) is 0 Å². The van der Waals surface area contributed by atoms with E-state index in [0.717, 1.165) is 5.56 Å². The second-order valence-corrected chi connectivity index (χ2v) is 3.53. The molecule has 1 rings (SSSR count). The Balaban J connectivity index is 2.42. The number of carbonyl (C=O) groups is 1. The predicted octanol–water partition coefficient (Wildman–Crippen LogP) is 0.923. The summed E-state index contributed by atoms with van der Waals surface area (Å²) in [7, 11) is 1.58. The van der Waals surface area contributed by atoms with Gasteiger partial charge in [0, 0.05) is 26.6 Å². The third-order valence-electron chi connectivity index (χ3n) is 2.29. The minimum Gasteiger partial charge on any atom is -0.359 e. The van der Waals surface area contributed by atoms with Crippen LogP contribution in [0.1, 0.15) is 17.5 Å². The number of nitrogens with one attached hydrogen (secondary N) is 2. The Morgan fingerprint density at radius 2 is 2.29 bits per heavy atom. The summed E-state index contributed by atoms with van der Waals surface area (Å²) in [4.78, 5) is 10.9. The zero-order valence-electron chi connectivity index (χ0n) is 9.59. The van der Waals surface area contributed by atoms with Gasteiger partial charge in [0.2, 0.25) is 5.91 Å². The van der Waals surface area contributed by atoms with Crippen molar-refractivity contribution >= 4 is 5.91 Å². The van der Waals surface area contributed by atoms with Gasteiger partial charge in [-0.1, -0.05) is 6.07 Å². The van der Waals surface area contributed by atoms with Crippen molar-refractivity contribution in [1.29, 1.82) is 5.26 Å². The third kappa shape index (κ3) is 4.21. The molecule has 90 valence electrons. The molecule has 0 saturated heterocycles. The maximum Gasteiger partial charge on any atom is 0.221 e. The van der Waals surface area contributed by atoms with Crippen LogP contribution in [-0.2, 0) is 11.3 Å². The second-order valence-electron chi connectivity index (χ2n) is 3.53. The third-order valence-corrected chi connectivity index (χ3v) is 2.29. The normalized spacial score (nSPS) is 9.71. The Hall–Kier alpha value is -1.93. The van der Waals surface area contributed by atoms with Gasteiger partial charge in [0.05, 0.1) is 5.56 Å². The molecule has 0 bridgehead atoms. The van der Waals surface area contributed by atoms with Gasteiger partial charge in [-0.2, -0.15) is 5.26 Å². The summed E-state index contributed by atoms with van der Waals surface area (Å²) in [5.41, 5.74) is 0.857. The number of halogens is 1. The Bertz CT molecular complexity index is 440. The molecule has 0 fully saturated rings. The van der Waals surface area contributed by atoms with Crippen LogP contribution in [0.3, 0.4) is 0 Å². The van der Waals surface area contributed by atoms with Gasteiger partial charge in [-0.3, -0.25) is 4.79 Å². The van der Waals surface area contributed by atoms with E-state index in [1.165, 1.54) is 12.1 Å². The maximum atomic E-state index is 13.0. The van der Waals surface area contributed by atoms with E-state index in [-0.39, 0.29) is 11.5 Å². The van der Waals surface area contributed by atoms with E-state index in [2.05, 4.69) is 10.6 Å². The summed E-state index contributed by atoms with van der Waals surface area (Å²) >= 11 is 0. The first-order chi connectivity index (χ1) is 8.17. The van der Waals surface area contributed by atoms with E-state index in [4.69, 9.17) is 5.26 Å². The van der Waals surface area contributed by atoms with Crippen molar-refractivity contribution < 1.29 is 9.18 Å². The zero-order valence-corrected chi connectivity index (χ0v) is 9.59. The minimum atomic E-state index is -0.512. The molecule has 1 aromatic rings. The lowest BCUT2D eigenvalue weighted by Crippen LogP contribution is -2.24. The molecule has 17 heavy (non-hydrogen) atoms. The topological polar surface area (TPSA) is 64.9 Å². The summed E-state index contributed by atoms with van der Waals surface area (Å²) in [5.74, 6) is -0.545. The van der Waals surface area contributed by atoms with Crippen molar-refractivity contribution in [2.75, 3.05) is 13.6 Å². The first-order valence-corrected chi connectivity index (χ1v) is 5.27. The molecule has 0 radical (unpaired) electrons. The fraction of sp³-hybridized carbons (Fsp3) is 0.333. The number of nitrogens with zero attached hydrogens (tertiary/aromatic N) is 1. The zero-order chi connectivity index (χ0) is 12.7. The minimum absolute atomic E-state index is 0.0330. The molecule has 0 aliphatic heterocycles. The summed E-state index contributed by atoms with van der Waals surface area (Å²) in [6, 6.07) is 6.18. The van der Waals surface area contributed by atoms with Gasteiger partial charge in [0.15, 0.2) is 0 Å². The largest absolute Gasteiger partial charge is 0.359 e. The fourth-order valence-corrected chi connectivity index (χ4v) is 1.33. The van der Waals surface area contributed by atoms with Crippen LogP contribution in [0, 0.1) is 17.1 Å². The molecule has 0 heterocycles. The first kappa shape index (κ1) is 13.1. The van der Waals surface area contributed by atoms with Crippen molar-refractivity contribution in [3.63, 3.8) is 0 Å². The summed E-state index contributed by atoms with van der Waals surface area (Å²) in [6.45, 7) is 1.05. The van der Waals surface area contributed by atoms with Crippen molar-refractivity contribution in [3.8, 4) is 6.07 Å². The van der Waals surface area contributed by atoms with Crippen LogP contribution < -0.4 is 10.6 Å². The SMILES string of the molecule is CNC(=O)CCNCc1ccc(F)c(C#N)c1. The molecule has 0 unspecified atom stereocenters.